The minimum absolute atomic E-state index is 0.470. The van der Waals surface area contributed by atoms with Crippen molar-refractivity contribution in [2.75, 3.05) is 26.2 Å². The first-order chi connectivity index (χ1) is 9.60. The summed E-state index contributed by atoms with van der Waals surface area (Å²) in [6.45, 7) is 3.28. The third kappa shape index (κ3) is 3.95. The molecule has 4 N–H and O–H groups in total. The minimum Gasteiger partial charge on any atom is -0.385 e. The zero-order chi connectivity index (χ0) is 14.4. The standard InChI is InChI=1S/C15H23N3O2/c16-14(19)17-9-4-10-18-11-7-15(20,8-12-18)13-5-2-1-3-6-13/h1-3,5-6,20H,4,7-12H2,(H3,16,17,19). The summed E-state index contributed by atoms with van der Waals surface area (Å²) in [5.41, 5.74) is 5.33. The summed E-state index contributed by atoms with van der Waals surface area (Å²) < 4.78 is 0. The molecule has 1 aromatic carbocycles. The van der Waals surface area contributed by atoms with Gasteiger partial charge in [-0.3, -0.25) is 0 Å². The fraction of sp³-hybridized carbons (Fsp3) is 0.533. The molecule has 0 radical (unpaired) electrons. The maximum Gasteiger partial charge on any atom is 0.312 e. The Kier molecular flexibility index (Phi) is 4.98. The van der Waals surface area contributed by atoms with Crippen LogP contribution in [0.2, 0.25) is 0 Å². The molecule has 0 bridgehead atoms. The highest BCUT2D eigenvalue weighted by Crippen LogP contribution is 2.32. The first-order valence-electron chi connectivity index (χ1n) is 7.14. The van der Waals surface area contributed by atoms with Crippen LogP contribution in [0, 0.1) is 0 Å². The Morgan fingerprint density at radius 2 is 1.95 bits per heavy atom. The monoisotopic (exact) mass is 277 g/mol. The number of carbonyl (C=O) groups is 1. The molecular weight excluding hydrogens is 254 g/mol. The first kappa shape index (κ1) is 14.8. The van der Waals surface area contributed by atoms with Crippen molar-refractivity contribution in [3.63, 3.8) is 0 Å². The molecule has 1 fully saturated rings. The second-order valence-corrected chi connectivity index (χ2v) is 5.38. The van der Waals surface area contributed by atoms with Gasteiger partial charge in [0.25, 0.3) is 0 Å². The molecule has 0 saturated carbocycles. The van der Waals surface area contributed by atoms with Crippen LogP contribution in [0.5, 0.6) is 0 Å². The van der Waals surface area contributed by atoms with Gasteiger partial charge in [-0.1, -0.05) is 30.3 Å². The molecule has 1 aliphatic rings. The molecule has 1 aromatic rings. The number of likely N-dealkylation sites (tertiary alicyclic amines) is 1. The molecular formula is C15H23N3O2. The van der Waals surface area contributed by atoms with E-state index in [1.165, 1.54) is 0 Å². The number of hydrogen-bond acceptors (Lipinski definition) is 3. The van der Waals surface area contributed by atoms with E-state index in [1.54, 1.807) is 0 Å². The predicted molar refractivity (Wildman–Crippen MR) is 78.2 cm³/mol. The van der Waals surface area contributed by atoms with Crippen molar-refractivity contribution in [3.05, 3.63) is 35.9 Å². The van der Waals surface area contributed by atoms with Gasteiger partial charge >= 0.3 is 6.03 Å². The van der Waals surface area contributed by atoms with Crippen molar-refractivity contribution in [1.29, 1.82) is 0 Å². The normalized spacial score (nSPS) is 18.6. The van der Waals surface area contributed by atoms with Crippen LogP contribution >= 0.6 is 0 Å². The smallest absolute Gasteiger partial charge is 0.312 e. The van der Waals surface area contributed by atoms with Crippen molar-refractivity contribution in [2.45, 2.75) is 24.9 Å². The fourth-order valence-electron chi connectivity index (χ4n) is 2.70. The number of primary amides is 1. The first-order valence-corrected chi connectivity index (χ1v) is 7.14. The molecule has 0 spiro atoms. The van der Waals surface area contributed by atoms with E-state index in [9.17, 15) is 9.90 Å². The van der Waals surface area contributed by atoms with Gasteiger partial charge in [-0.15, -0.1) is 0 Å². The van der Waals surface area contributed by atoms with E-state index in [4.69, 9.17) is 5.73 Å². The van der Waals surface area contributed by atoms with Gasteiger partial charge in [-0.2, -0.15) is 0 Å². The number of rotatable bonds is 5. The van der Waals surface area contributed by atoms with Gasteiger partial charge in [-0.25, -0.2) is 4.79 Å². The van der Waals surface area contributed by atoms with Gasteiger partial charge in [0.2, 0.25) is 0 Å². The fourth-order valence-corrected chi connectivity index (χ4v) is 2.70. The number of nitrogens with one attached hydrogen (secondary N) is 1. The lowest BCUT2D eigenvalue weighted by atomic mass is 9.84. The molecule has 2 amide bonds. The van der Waals surface area contributed by atoms with Crippen molar-refractivity contribution in [3.8, 4) is 0 Å². The van der Waals surface area contributed by atoms with E-state index in [0.717, 1.165) is 44.5 Å². The van der Waals surface area contributed by atoms with Crippen LogP contribution in [0.4, 0.5) is 4.79 Å². The van der Waals surface area contributed by atoms with E-state index in [2.05, 4.69) is 10.2 Å². The number of hydrogen-bond donors (Lipinski definition) is 3. The number of amides is 2. The second-order valence-electron chi connectivity index (χ2n) is 5.38. The second kappa shape index (κ2) is 6.72. The number of piperidine rings is 1. The van der Waals surface area contributed by atoms with E-state index in [0.29, 0.717) is 6.54 Å². The quantitative estimate of drug-likeness (QED) is 0.703. The molecule has 5 heteroatoms. The molecule has 0 atom stereocenters. The van der Waals surface area contributed by atoms with Crippen molar-refractivity contribution >= 4 is 6.03 Å². The van der Waals surface area contributed by atoms with Crippen LogP contribution in [0.3, 0.4) is 0 Å². The summed E-state index contributed by atoms with van der Waals surface area (Å²) in [4.78, 5) is 12.9. The number of carbonyl (C=O) groups excluding carboxylic acids is 1. The van der Waals surface area contributed by atoms with Crippen LogP contribution < -0.4 is 11.1 Å². The van der Waals surface area contributed by atoms with Gasteiger partial charge in [0.15, 0.2) is 0 Å². The van der Waals surface area contributed by atoms with Crippen LogP contribution in [0.1, 0.15) is 24.8 Å². The third-order valence-electron chi connectivity index (χ3n) is 3.94. The highest BCUT2D eigenvalue weighted by atomic mass is 16.3. The molecule has 0 aliphatic carbocycles. The van der Waals surface area contributed by atoms with Crippen molar-refractivity contribution in [2.24, 2.45) is 5.73 Å². The highest BCUT2D eigenvalue weighted by molar-refractivity contribution is 5.71. The molecule has 110 valence electrons. The Morgan fingerprint density at radius 1 is 1.30 bits per heavy atom. The Hall–Kier alpha value is -1.59. The number of aliphatic hydroxyl groups is 1. The summed E-state index contributed by atoms with van der Waals surface area (Å²) in [6, 6.07) is 9.42. The van der Waals surface area contributed by atoms with Gasteiger partial charge in [-0.05, 0) is 31.4 Å². The number of nitrogens with two attached hydrogens (primary N) is 1. The molecule has 2 rings (SSSR count). The zero-order valence-corrected chi connectivity index (χ0v) is 11.7. The van der Waals surface area contributed by atoms with Crippen LogP contribution in [-0.4, -0.2) is 42.2 Å². The van der Waals surface area contributed by atoms with E-state index < -0.39 is 11.6 Å². The predicted octanol–water partition coefficient (Wildman–Crippen LogP) is 1.03. The van der Waals surface area contributed by atoms with Gasteiger partial charge in [0.05, 0.1) is 5.60 Å². The lowest BCUT2D eigenvalue weighted by Gasteiger charge is -2.38. The average Bonchev–Trinajstić information content (AvgIpc) is 2.46. The van der Waals surface area contributed by atoms with Gasteiger partial charge < -0.3 is 21.1 Å². The minimum atomic E-state index is -0.691. The third-order valence-corrected chi connectivity index (χ3v) is 3.94. The Morgan fingerprint density at radius 3 is 2.55 bits per heavy atom. The Bertz CT molecular complexity index is 428. The Labute approximate surface area is 119 Å². The number of nitrogens with zero attached hydrogens (tertiary/aromatic N) is 1. The van der Waals surface area contributed by atoms with Crippen molar-refractivity contribution < 1.29 is 9.90 Å². The molecule has 5 nitrogen and oxygen atoms in total. The SMILES string of the molecule is NC(=O)NCCCN1CCC(O)(c2ccccc2)CC1. The number of urea groups is 1. The van der Waals surface area contributed by atoms with Gasteiger partial charge in [0.1, 0.15) is 0 Å². The molecule has 1 saturated heterocycles. The lowest BCUT2D eigenvalue weighted by molar-refractivity contribution is -0.0259. The maximum atomic E-state index is 10.7. The summed E-state index contributed by atoms with van der Waals surface area (Å²) in [6.07, 6.45) is 2.38. The van der Waals surface area contributed by atoms with Gasteiger partial charge in [0, 0.05) is 19.6 Å². The summed E-state index contributed by atoms with van der Waals surface area (Å²) in [5.74, 6) is 0. The maximum absolute atomic E-state index is 10.7. The molecule has 0 unspecified atom stereocenters. The summed E-state index contributed by atoms with van der Waals surface area (Å²) in [5, 5.41) is 13.3. The summed E-state index contributed by atoms with van der Waals surface area (Å²) >= 11 is 0. The van der Waals surface area contributed by atoms with Crippen LogP contribution in [-0.2, 0) is 5.60 Å². The summed E-state index contributed by atoms with van der Waals surface area (Å²) in [7, 11) is 0. The van der Waals surface area contributed by atoms with E-state index in [-0.39, 0.29) is 0 Å². The van der Waals surface area contributed by atoms with E-state index >= 15 is 0 Å². The van der Waals surface area contributed by atoms with Crippen molar-refractivity contribution in [1.82, 2.24) is 10.2 Å². The largest absolute Gasteiger partial charge is 0.385 e. The Balaban J connectivity index is 1.76. The molecule has 0 aromatic heterocycles. The topological polar surface area (TPSA) is 78.6 Å². The molecule has 20 heavy (non-hydrogen) atoms. The highest BCUT2D eigenvalue weighted by Gasteiger charge is 2.33. The average molecular weight is 277 g/mol. The lowest BCUT2D eigenvalue weighted by Crippen LogP contribution is -2.43. The molecule has 1 aliphatic heterocycles. The van der Waals surface area contributed by atoms with E-state index in [1.807, 2.05) is 30.3 Å². The zero-order valence-electron chi connectivity index (χ0n) is 11.7. The molecule has 1 heterocycles. The van der Waals surface area contributed by atoms with Crippen LogP contribution in [0.25, 0.3) is 0 Å². The van der Waals surface area contributed by atoms with Crippen LogP contribution in [0.15, 0.2) is 30.3 Å². The number of benzene rings is 1.